The zero-order valence-corrected chi connectivity index (χ0v) is 17.8. The van der Waals surface area contributed by atoms with E-state index in [0.717, 1.165) is 39.9 Å². The van der Waals surface area contributed by atoms with Crippen LogP contribution in [0, 0.1) is 0 Å². The van der Waals surface area contributed by atoms with Crippen molar-refractivity contribution in [3.8, 4) is 5.75 Å². The fourth-order valence-corrected chi connectivity index (χ4v) is 5.43. The second-order valence-corrected chi connectivity index (χ2v) is 9.09. The second kappa shape index (κ2) is 6.98. The molecule has 31 heavy (non-hydrogen) atoms. The maximum atomic E-state index is 13.1. The molecule has 1 N–H and O–H groups in total. The number of benzene rings is 2. The molecule has 6 rings (SSSR count). The molecule has 0 aliphatic carbocycles. The van der Waals surface area contributed by atoms with E-state index >= 15 is 0 Å². The topological polar surface area (TPSA) is 81.5 Å². The van der Waals surface area contributed by atoms with Gasteiger partial charge < -0.3 is 14.6 Å². The molecule has 6 nitrogen and oxygen atoms in total. The zero-order chi connectivity index (χ0) is 21.0. The number of cyclic esters (lactones) is 1. The van der Waals surface area contributed by atoms with Crippen molar-refractivity contribution < 1.29 is 19.4 Å². The maximum absolute atomic E-state index is 13.1. The quantitative estimate of drug-likeness (QED) is 0.474. The lowest BCUT2D eigenvalue weighted by Gasteiger charge is -2.26. The predicted octanol–water partition coefficient (Wildman–Crippen LogP) is 4.09. The molecule has 8 heteroatoms. The minimum atomic E-state index is -1.84. The van der Waals surface area contributed by atoms with Crippen LogP contribution in [-0.2, 0) is 28.2 Å². The smallest absolute Gasteiger partial charge is 0.342 e. The first-order valence-electron chi connectivity index (χ1n) is 9.82. The van der Waals surface area contributed by atoms with Crippen molar-refractivity contribution in [3.05, 3.63) is 81.1 Å². The summed E-state index contributed by atoms with van der Waals surface area (Å²) in [5.74, 6) is -1.58. The molecule has 1 unspecified atom stereocenters. The molecule has 0 saturated heterocycles. The average Bonchev–Trinajstić information content (AvgIpc) is 3.55. The average molecular weight is 449 g/mol. The van der Waals surface area contributed by atoms with E-state index in [9.17, 15) is 9.90 Å². The van der Waals surface area contributed by atoms with E-state index in [4.69, 9.17) is 9.47 Å². The Balaban J connectivity index is 1.54. The summed E-state index contributed by atoms with van der Waals surface area (Å²) < 4.78 is 19.8. The number of aliphatic hydroxyl groups is 1. The molecule has 2 aromatic heterocycles. The van der Waals surface area contributed by atoms with E-state index in [-0.39, 0.29) is 0 Å². The summed E-state index contributed by atoms with van der Waals surface area (Å²) in [5, 5.41) is 13.7. The first kappa shape index (κ1) is 18.7. The van der Waals surface area contributed by atoms with Gasteiger partial charge in [-0.05, 0) is 52.9 Å². The molecule has 154 valence electrons. The van der Waals surface area contributed by atoms with E-state index in [2.05, 4.69) is 8.75 Å². The van der Waals surface area contributed by atoms with E-state index in [1.54, 1.807) is 17.4 Å². The van der Waals surface area contributed by atoms with E-state index in [1.165, 1.54) is 0 Å². The molecule has 2 aliphatic heterocycles. The Morgan fingerprint density at radius 1 is 1.10 bits per heavy atom. The van der Waals surface area contributed by atoms with E-state index in [0.29, 0.717) is 40.8 Å². The summed E-state index contributed by atoms with van der Waals surface area (Å²) in [4.78, 5) is 14.1. The standard InChI is InChI=1S/C23H16N2O4S2/c26-22-21(14-3-5-18-19(11-14)25-31-24-18)17(12-16-2-1-9-30-16)23(27,29-22)15-4-6-20-13(10-15)7-8-28-20/h1-6,9-11,27H,7-8,12H2. The van der Waals surface area contributed by atoms with Gasteiger partial charge in [0.2, 0.25) is 0 Å². The van der Waals surface area contributed by atoms with Gasteiger partial charge in [-0.15, -0.1) is 11.3 Å². The Morgan fingerprint density at radius 3 is 2.87 bits per heavy atom. The Labute approximate surface area is 185 Å². The van der Waals surface area contributed by atoms with Gasteiger partial charge in [0, 0.05) is 28.9 Å². The third kappa shape index (κ3) is 2.98. The van der Waals surface area contributed by atoms with Gasteiger partial charge >= 0.3 is 5.97 Å². The fourth-order valence-electron chi connectivity index (χ4n) is 4.20. The molecule has 4 aromatic rings. The van der Waals surface area contributed by atoms with Crippen LogP contribution in [0.25, 0.3) is 16.6 Å². The summed E-state index contributed by atoms with van der Waals surface area (Å²) in [7, 11) is 0. The molecule has 4 heterocycles. The maximum Gasteiger partial charge on any atom is 0.342 e. The minimum Gasteiger partial charge on any atom is -0.493 e. The number of thiophene rings is 1. The predicted molar refractivity (Wildman–Crippen MR) is 118 cm³/mol. The Bertz CT molecular complexity index is 1360. The van der Waals surface area contributed by atoms with Crippen molar-refractivity contribution in [2.75, 3.05) is 6.61 Å². The number of hydrogen-bond donors (Lipinski definition) is 1. The van der Waals surface area contributed by atoms with Crippen molar-refractivity contribution in [1.29, 1.82) is 0 Å². The van der Waals surface area contributed by atoms with Crippen molar-refractivity contribution in [1.82, 2.24) is 8.75 Å². The summed E-state index contributed by atoms with van der Waals surface area (Å²) in [6.45, 7) is 0.613. The third-order valence-corrected chi connectivity index (χ3v) is 7.14. The normalized spacial score (nSPS) is 20.2. The molecule has 0 amide bonds. The number of aromatic nitrogens is 2. The molecular weight excluding hydrogens is 432 g/mol. The number of hydrogen-bond acceptors (Lipinski definition) is 8. The lowest BCUT2D eigenvalue weighted by atomic mass is 9.89. The number of esters is 1. The van der Waals surface area contributed by atoms with Crippen molar-refractivity contribution >= 4 is 45.6 Å². The summed E-state index contributed by atoms with van der Waals surface area (Å²) >= 11 is 2.70. The number of ether oxygens (including phenoxy) is 2. The number of carbonyl (C=O) groups excluding carboxylic acids is 1. The molecule has 0 spiro atoms. The van der Waals surface area contributed by atoms with E-state index in [1.807, 2.05) is 47.8 Å². The zero-order valence-electron chi connectivity index (χ0n) is 16.2. The highest BCUT2D eigenvalue weighted by Gasteiger charge is 2.48. The lowest BCUT2D eigenvalue weighted by Crippen LogP contribution is -2.29. The highest BCUT2D eigenvalue weighted by molar-refractivity contribution is 7.09. The van der Waals surface area contributed by atoms with Crippen LogP contribution in [0.5, 0.6) is 5.75 Å². The largest absolute Gasteiger partial charge is 0.493 e. The van der Waals surface area contributed by atoms with E-state index < -0.39 is 11.8 Å². The van der Waals surface area contributed by atoms with Crippen LogP contribution in [-0.4, -0.2) is 26.4 Å². The van der Waals surface area contributed by atoms with Crippen LogP contribution in [0.3, 0.4) is 0 Å². The molecule has 2 aromatic carbocycles. The first-order valence-corrected chi connectivity index (χ1v) is 11.4. The number of fused-ring (bicyclic) bond motifs is 2. The third-order valence-electron chi connectivity index (χ3n) is 5.71. The first-order chi connectivity index (χ1) is 15.1. The van der Waals surface area contributed by atoms with Gasteiger partial charge in [0.05, 0.1) is 23.9 Å². The van der Waals surface area contributed by atoms with Gasteiger partial charge in [-0.3, -0.25) is 0 Å². The lowest BCUT2D eigenvalue weighted by molar-refractivity contribution is -0.185. The molecular formula is C23H16N2O4S2. The Morgan fingerprint density at radius 2 is 2.00 bits per heavy atom. The number of carbonyl (C=O) groups is 1. The van der Waals surface area contributed by atoms with Crippen LogP contribution in [0.2, 0.25) is 0 Å². The summed E-state index contributed by atoms with van der Waals surface area (Å²) in [5.41, 5.74) is 4.59. The molecule has 2 aliphatic rings. The van der Waals surface area contributed by atoms with Crippen LogP contribution < -0.4 is 4.74 Å². The van der Waals surface area contributed by atoms with Gasteiger partial charge in [0.15, 0.2) is 0 Å². The second-order valence-electron chi connectivity index (χ2n) is 7.53. The molecule has 0 radical (unpaired) electrons. The van der Waals surface area contributed by atoms with Crippen molar-refractivity contribution in [2.45, 2.75) is 18.6 Å². The van der Waals surface area contributed by atoms with Gasteiger partial charge in [-0.2, -0.15) is 8.75 Å². The van der Waals surface area contributed by atoms with Crippen LogP contribution >= 0.6 is 23.1 Å². The number of nitrogens with zero attached hydrogens (tertiary/aromatic N) is 2. The fraction of sp³-hybridized carbons (Fsp3) is 0.174. The van der Waals surface area contributed by atoms with Gasteiger partial charge in [-0.25, -0.2) is 4.79 Å². The highest BCUT2D eigenvalue weighted by Crippen LogP contribution is 2.46. The van der Waals surface area contributed by atoms with Gasteiger partial charge in [0.1, 0.15) is 16.8 Å². The van der Waals surface area contributed by atoms with Gasteiger partial charge in [0.25, 0.3) is 5.79 Å². The van der Waals surface area contributed by atoms with Crippen molar-refractivity contribution in [3.63, 3.8) is 0 Å². The number of rotatable bonds is 4. The Kier molecular flexibility index (Phi) is 4.21. The van der Waals surface area contributed by atoms with Crippen LogP contribution in [0.4, 0.5) is 0 Å². The van der Waals surface area contributed by atoms with Crippen LogP contribution in [0.15, 0.2) is 59.5 Å². The molecule has 0 bridgehead atoms. The molecule has 1 atom stereocenters. The van der Waals surface area contributed by atoms with Crippen LogP contribution in [0.1, 0.15) is 21.6 Å². The van der Waals surface area contributed by atoms with Crippen molar-refractivity contribution in [2.24, 2.45) is 0 Å². The Hall–Kier alpha value is -3.07. The minimum absolute atomic E-state index is 0.377. The molecule has 0 saturated carbocycles. The summed E-state index contributed by atoms with van der Waals surface area (Å²) in [6, 6.07) is 14.9. The summed E-state index contributed by atoms with van der Waals surface area (Å²) in [6.07, 6.45) is 1.16. The monoisotopic (exact) mass is 448 g/mol. The molecule has 0 fully saturated rings. The van der Waals surface area contributed by atoms with Gasteiger partial charge in [-0.1, -0.05) is 12.1 Å². The SMILES string of the molecule is O=C1OC(O)(c2ccc3c(c2)CCO3)C(Cc2cccs2)=C1c1ccc2nsnc2c1. The highest BCUT2D eigenvalue weighted by atomic mass is 32.1.